The molecule has 0 unspecified atom stereocenters. The Morgan fingerprint density at radius 2 is 1.87 bits per heavy atom. The van der Waals surface area contributed by atoms with Gasteiger partial charge < -0.3 is 18.7 Å². The molecule has 0 atom stereocenters. The summed E-state index contributed by atoms with van der Waals surface area (Å²) in [6.07, 6.45) is 1.54. The summed E-state index contributed by atoms with van der Waals surface area (Å²) in [4.78, 5) is 29.4. The van der Waals surface area contributed by atoms with Crippen molar-refractivity contribution < 1.29 is 23.5 Å². The summed E-state index contributed by atoms with van der Waals surface area (Å²) in [5, 5.41) is 10.8. The van der Waals surface area contributed by atoms with Crippen LogP contribution < -0.4 is 5.63 Å². The minimum atomic E-state index is -0.599. The monoisotopic (exact) mass is 413 g/mol. The number of nitrogens with zero attached hydrogens (tertiary/aromatic N) is 1. The lowest BCUT2D eigenvalue weighted by Crippen LogP contribution is -2.09. The van der Waals surface area contributed by atoms with Crippen molar-refractivity contribution in [3.05, 3.63) is 94.5 Å². The first-order chi connectivity index (χ1) is 15.1. The van der Waals surface area contributed by atoms with Gasteiger partial charge in [0.05, 0.1) is 17.3 Å². The third-order valence-corrected chi connectivity index (χ3v) is 4.88. The maximum absolute atomic E-state index is 13.0. The molecular formula is C24H15NO6. The van der Waals surface area contributed by atoms with Gasteiger partial charge in [0, 0.05) is 28.5 Å². The molecule has 0 aliphatic rings. The number of ether oxygens (including phenoxy) is 1. The zero-order chi connectivity index (χ0) is 21.4. The topological polar surface area (TPSA) is 103 Å². The van der Waals surface area contributed by atoms with Gasteiger partial charge in [0.1, 0.15) is 23.6 Å². The summed E-state index contributed by atoms with van der Waals surface area (Å²) in [6.45, 7) is -0.140. The number of carbonyl (C=O) groups is 1. The van der Waals surface area contributed by atoms with Gasteiger partial charge in [-0.1, -0.05) is 18.2 Å². The molecule has 0 amide bonds. The van der Waals surface area contributed by atoms with E-state index in [-0.39, 0.29) is 17.9 Å². The summed E-state index contributed by atoms with van der Waals surface area (Å²) in [5.41, 5.74) is 1.57. The lowest BCUT2D eigenvalue weighted by atomic mass is 10.1. The summed E-state index contributed by atoms with van der Waals surface area (Å²) in [6, 6.07) is 18.1. The van der Waals surface area contributed by atoms with Gasteiger partial charge in [-0.2, -0.15) is 0 Å². The fourth-order valence-electron chi connectivity index (χ4n) is 3.45. The Bertz CT molecular complexity index is 1480. The Labute approximate surface area is 175 Å². The SMILES string of the molecule is O=C(OCc1cc(=O)oc2cc(O)ccc12)c1cc(-c2ccco2)nc2ccccc12. The number of para-hydroxylation sites is 1. The quantitative estimate of drug-likeness (QED) is 0.337. The van der Waals surface area contributed by atoms with Crippen LogP contribution in [0.4, 0.5) is 0 Å². The number of phenolic OH excluding ortho intramolecular Hbond substituents is 1. The maximum atomic E-state index is 13.0. The number of hydrogen-bond acceptors (Lipinski definition) is 7. The number of furan rings is 1. The average molecular weight is 413 g/mol. The Hall–Kier alpha value is -4.39. The van der Waals surface area contributed by atoms with E-state index in [9.17, 15) is 14.7 Å². The lowest BCUT2D eigenvalue weighted by molar-refractivity contribution is 0.0476. The first kappa shape index (κ1) is 18.6. The zero-order valence-corrected chi connectivity index (χ0v) is 16.1. The second kappa shape index (κ2) is 7.46. The highest BCUT2D eigenvalue weighted by Crippen LogP contribution is 2.27. The van der Waals surface area contributed by atoms with Gasteiger partial charge in [-0.15, -0.1) is 0 Å². The van der Waals surface area contributed by atoms with E-state index in [0.29, 0.717) is 38.9 Å². The maximum Gasteiger partial charge on any atom is 0.339 e. The minimum Gasteiger partial charge on any atom is -0.508 e. The van der Waals surface area contributed by atoms with Crippen LogP contribution in [0.1, 0.15) is 15.9 Å². The predicted octanol–water partition coefficient (Wildman–Crippen LogP) is 4.66. The van der Waals surface area contributed by atoms with E-state index in [1.807, 2.05) is 12.1 Å². The molecule has 3 aromatic heterocycles. The molecule has 7 nitrogen and oxygen atoms in total. The Kier molecular flexibility index (Phi) is 4.48. The number of benzene rings is 2. The highest BCUT2D eigenvalue weighted by Gasteiger charge is 2.17. The van der Waals surface area contributed by atoms with Crippen LogP contribution in [0.5, 0.6) is 5.75 Å². The largest absolute Gasteiger partial charge is 0.508 e. The van der Waals surface area contributed by atoms with Gasteiger partial charge in [-0.3, -0.25) is 0 Å². The number of aromatic nitrogens is 1. The summed E-state index contributed by atoms with van der Waals surface area (Å²) in [7, 11) is 0. The van der Waals surface area contributed by atoms with E-state index in [1.54, 1.807) is 36.4 Å². The number of hydrogen-bond donors (Lipinski definition) is 1. The van der Waals surface area contributed by atoms with Crippen LogP contribution >= 0.6 is 0 Å². The summed E-state index contributed by atoms with van der Waals surface area (Å²) in [5.74, 6) is -0.0589. The number of aromatic hydroxyl groups is 1. The van der Waals surface area contributed by atoms with Crippen LogP contribution in [0.25, 0.3) is 33.3 Å². The fourth-order valence-corrected chi connectivity index (χ4v) is 3.45. The van der Waals surface area contributed by atoms with Crippen molar-refractivity contribution in [3.8, 4) is 17.2 Å². The van der Waals surface area contributed by atoms with E-state index in [4.69, 9.17) is 13.6 Å². The molecule has 2 aromatic carbocycles. The average Bonchev–Trinajstić information content (AvgIpc) is 3.31. The first-order valence-corrected chi connectivity index (χ1v) is 9.45. The van der Waals surface area contributed by atoms with Gasteiger partial charge in [-0.05, 0) is 36.4 Å². The van der Waals surface area contributed by atoms with Gasteiger partial charge in [0.15, 0.2) is 5.76 Å². The molecule has 31 heavy (non-hydrogen) atoms. The number of fused-ring (bicyclic) bond motifs is 2. The van der Waals surface area contributed by atoms with Crippen molar-refractivity contribution in [1.82, 2.24) is 4.98 Å². The molecule has 1 N–H and O–H groups in total. The number of pyridine rings is 1. The van der Waals surface area contributed by atoms with Crippen LogP contribution in [-0.2, 0) is 11.3 Å². The highest BCUT2D eigenvalue weighted by molar-refractivity contribution is 6.04. The van der Waals surface area contributed by atoms with Crippen LogP contribution in [0, 0.1) is 0 Å². The molecule has 0 saturated carbocycles. The van der Waals surface area contributed by atoms with Crippen molar-refractivity contribution in [3.63, 3.8) is 0 Å². The molecule has 5 rings (SSSR count). The third kappa shape index (κ3) is 3.53. The number of esters is 1. The van der Waals surface area contributed by atoms with Crippen LogP contribution in [0.3, 0.4) is 0 Å². The number of carbonyl (C=O) groups excluding carboxylic acids is 1. The van der Waals surface area contributed by atoms with Gasteiger partial charge in [-0.25, -0.2) is 14.6 Å². The van der Waals surface area contributed by atoms with Crippen LogP contribution in [0.2, 0.25) is 0 Å². The molecule has 0 radical (unpaired) electrons. The molecule has 0 aliphatic carbocycles. The van der Waals surface area contributed by atoms with E-state index < -0.39 is 11.6 Å². The van der Waals surface area contributed by atoms with Crippen LogP contribution in [-0.4, -0.2) is 16.1 Å². The molecule has 0 spiro atoms. The van der Waals surface area contributed by atoms with Gasteiger partial charge in [0.25, 0.3) is 0 Å². The van der Waals surface area contributed by atoms with Crippen molar-refractivity contribution in [2.45, 2.75) is 6.61 Å². The molecule has 3 heterocycles. The molecule has 0 fully saturated rings. The third-order valence-electron chi connectivity index (χ3n) is 4.88. The van der Waals surface area contributed by atoms with E-state index in [0.717, 1.165) is 0 Å². The van der Waals surface area contributed by atoms with Crippen molar-refractivity contribution in [1.29, 1.82) is 0 Å². The summed E-state index contributed by atoms with van der Waals surface area (Å²) >= 11 is 0. The second-order valence-corrected chi connectivity index (χ2v) is 6.90. The Balaban J connectivity index is 1.52. The van der Waals surface area contributed by atoms with Crippen molar-refractivity contribution in [2.75, 3.05) is 0 Å². The summed E-state index contributed by atoms with van der Waals surface area (Å²) < 4.78 is 16.1. The minimum absolute atomic E-state index is 0.0292. The zero-order valence-electron chi connectivity index (χ0n) is 16.1. The molecule has 0 aliphatic heterocycles. The molecule has 5 aromatic rings. The molecule has 0 saturated heterocycles. The normalized spacial score (nSPS) is 11.1. The fraction of sp³-hybridized carbons (Fsp3) is 0.0417. The lowest BCUT2D eigenvalue weighted by Gasteiger charge is -2.10. The second-order valence-electron chi connectivity index (χ2n) is 6.90. The van der Waals surface area contributed by atoms with Crippen LogP contribution in [0.15, 0.2) is 86.6 Å². The number of phenols is 1. The van der Waals surface area contributed by atoms with Gasteiger partial charge in [0.2, 0.25) is 0 Å². The molecule has 0 bridgehead atoms. The van der Waals surface area contributed by atoms with E-state index >= 15 is 0 Å². The Morgan fingerprint density at radius 3 is 2.71 bits per heavy atom. The molecule has 7 heteroatoms. The van der Waals surface area contributed by atoms with Crippen molar-refractivity contribution in [2.24, 2.45) is 0 Å². The van der Waals surface area contributed by atoms with E-state index in [1.165, 1.54) is 24.5 Å². The van der Waals surface area contributed by atoms with E-state index in [2.05, 4.69) is 4.98 Å². The first-order valence-electron chi connectivity index (χ1n) is 9.45. The highest BCUT2D eigenvalue weighted by atomic mass is 16.5. The number of rotatable bonds is 4. The smallest absolute Gasteiger partial charge is 0.339 e. The van der Waals surface area contributed by atoms with Gasteiger partial charge >= 0.3 is 11.6 Å². The molecule has 152 valence electrons. The standard InChI is InChI=1S/C24H15NO6/c26-15-7-8-16-14(10-23(27)31-22(16)11-15)13-30-24(28)18-12-20(21-6-3-9-29-21)25-19-5-2-1-4-17(18)19/h1-12,26H,13H2. The predicted molar refractivity (Wildman–Crippen MR) is 113 cm³/mol. The molecular weight excluding hydrogens is 398 g/mol. The van der Waals surface area contributed by atoms with Crippen molar-refractivity contribution >= 4 is 27.8 Å². The Morgan fingerprint density at radius 1 is 1.00 bits per heavy atom.